The summed E-state index contributed by atoms with van der Waals surface area (Å²) < 4.78 is 12.8. The minimum absolute atomic E-state index is 0.0392. The second-order valence-electron chi connectivity index (χ2n) is 13.6. The molecule has 4 heteroatoms. The molecule has 190 valence electrons. The number of carbonyl (C=O) groups is 1. The van der Waals surface area contributed by atoms with E-state index in [1.54, 1.807) is 5.57 Å². The number of nitrogens with one attached hydrogen (secondary N) is 1. The van der Waals surface area contributed by atoms with Gasteiger partial charge in [-0.05, 0) is 91.8 Å². The average Bonchev–Trinajstić information content (AvgIpc) is 3.26. The van der Waals surface area contributed by atoms with Gasteiger partial charge in [-0.3, -0.25) is 10.1 Å². The molecule has 11 atom stereocenters. The van der Waals surface area contributed by atoms with Crippen molar-refractivity contribution in [3.63, 3.8) is 0 Å². The van der Waals surface area contributed by atoms with Crippen LogP contribution in [0.4, 0.5) is 0 Å². The van der Waals surface area contributed by atoms with Crippen LogP contribution in [0.5, 0.6) is 0 Å². The van der Waals surface area contributed by atoms with Gasteiger partial charge in [0.05, 0.1) is 6.10 Å². The van der Waals surface area contributed by atoms with E-state index in [9.17, 15) is 4.79 Å². The largest absolute Gasteiger partial charge is 0.462 e. The molecule has 2 heterocycles. The van der Waals surface area contributed by atoms with Crippen LogP contribution in [0.1, 0.15) is 98.8 Å². The number of esters is 1. The quantitative estimate of drug-likeness (QED) is 0.384. The molecule has 0 aromatic rings. The van der Waals surface area contributed by atoms with Crippen molar-refractivity contribution in [2.45, 2.75) is 117 Å². The lowest BCUT2D eigenvalue weighted by molar-refractivity contribution is -0.151. The highest BCUT2D eigenvalue weighted by Crippen LogP contribution is 2.70. The summed E-state index contributed by atoms with van der Waals surface area (Å²) in [6.07, 6.45) is 14.5. The number of fused-ring (bicyclic) bond motifs is 7. The highest BCUT2D eigenvalue weighted by molar-refractivity contribution is 5.69. The summed E-state index contributed by atoms with van der Waals surface area (Å²) in [5, 5.41) is 3.89. The van der Waals surface area contributed by atoms with E-state index in [-0.39, 0.29) is 17.8 Å². The van der Waals surface area contributed by atoms with Gasteiger partial charge in [-0.25, -0.2) is 0 Å². The first kappa shape index (κ1) is 23.5. The van der Waals surface area contributed by atoms with Crippen molar-refractivity contribution < 1.29 is 14.3 Å². The molecule has 4 nitrogen and oxygen atoms in total. The van der Waals surface area contributed by atoms with E-state index < -0.39 is 0 Å². The molecule has 0 bridgehead atoms. The molecular weight excluding hydrogens is 422 g/mol. The topological polar surface area (TPSA) is 47.6 Å². The fourth-order valence-corrected chi connectivity index (χ4v) is 10.2. The minimum Gasteiger partial charge on any atom is -0.462 e. The average molecular weight is 470 g/mol. The van der Waals surface area contributed by atoms with Crippen LogP contribution in [0.15, 0.2) is 11.6 Å². The molecule has 2 saturated heterocycles. The van der Waals surface area contributed by atoms with E-state index in [1.165, 1.54) is 44.9 Å². The molecule has 6 aliphatic rings. The Labute approximate surface area is 207 Å². The van der Waals surface area contributed by atoms with Crippen LogP contribution < -0.4 is 5.32 Å². The highest BCUT2D eigenvalue weighted by atomic mass is 16.5. The third-order valence-corrected chi connectivity index (χ3v) is 12.1. The molecule has 1 spiro atoms. The van der Waals surface area contributed by atoms with Crippen molar-refractivity contribution in [3.8, 4) is 0 Å². The van der Waals surface area contributed by atoms with Gasteiger partial charge < -0.3 is 9.47 Å². The lowest BCUT2D eigenvalue weighted by Gasteiger charge is -2.58. The summed E-state index contributed by atoms with van der Waals surface area (Å²) >= 11 is 0. The van der Waals surface area contributed by atoms with Crippen molar-refractivity contribution in [1.29, 1.82) is 0 Å². The van der Waals surface area contributed by atoms with Crippen LogP contribution in [0, 0.1) is 46.3 Å². The Morgan fingerprint density at radius 3 is 2.71 bits per heavy atom. The lowest BCUT2D eigenvalue weighted by atomic mass is 9.47. The van der Waals surface area contributed by atoms with Gasteiger partial charge >= 0.3 is 5.97 Å². The maximum Gasteiger partial charge on any atom is 0.305 e. The molecule has 0 unspecified atom stereocenters. The molecule has 34 heavy (non-hydrogen) atoms. The van der Waals surface area contributed by atoms with Crippen LogP contribution in [0.3, 0.4) is 0 Å². The SMILES string of the molecule is CCC(=O)O[C@H]1CC[C@@]2(C)C(=CC[C@H]3[C@H]4C[C@@H]5O[C@]6(CC[C@H](C)CN6)[C@@H](C)[C@@H]5[C@@]4(C)CC[C@H]32)C1. The molecule has 1 N–H and O–H groups in total. The van der Waals surface area contributed by atoms with Crippen molar-refractivity contribution in [1.82, 2.24) is 5.32 Å². The molecular formula is C30H47NO3. The second-order valence-corrected chi connectivity index (χ2v) is 13.6. The molecule has 0 aromatic heterocycles. The van der Waals surface area contributed by atoms with Gasteiger partial charge in [0.2, 0.25) is 0 Å². The Morgan fingerprint density at radius 1 is 1.15 bits per heavy atom. The van der Waals surface area contributed by atoms with Gasteiger partial charge in [-0.1, -0.05) is 46.3 Å². The number of piperidine rings is 1. The zero-order valence-corrected chi connectivity index (χ0v) is 22.2. The summed E-state index contributed by atoms with van der Waals surface area (Å²) in [6.45, 7) is 13.1. The van der Waals surface area contributed by atoms with E-state index in [4.69, 9.17) is 9.47 Å². The Kier molecular flexibility index (Phi) is 5.58. The van der Waals surface area contributed by atoms with Gasteiger partial charge in [0.25, 0.3) is 0 Å². The Bertz CT molecular complexity index is 859. The molecule has 0 radical (unpaired) electrons. The standard InChI is InChI=1S/C30H47NO3/c1-6-26(32)33-21-10-12-28(4)20(15-21)7-8-22-23(28)11-13-29(5)24(22)16-25-27(29)19(3)30(34-25)14-9-18(2)17-31-30/h7,18-19,21-25,27,31H,6,8-17H2,1-5H3/t18-,19-,21-,22+,23+,24+,25-,27-,28-,29-,30+/m0/s1. The summed E-state index contributed by atoms with van der Waals surface area (Å²) in [5.74, 6) is 4.39. The normalized spacial score (nSPS) is 54.0. The van der Waals surface area contributed by atoms with Crippen molar-refractivity contribution in [2.24, 2.45) is 46.3 Å². The second kappa shape index (κ2) is 8.07. The lowest BCUT2D eigenvalue weighted by Crippen LogP contribution is -2.57. The van der Waals surface area contributed by atoms with Gasteiger partial charge in [-0.2, -0.15) is 0 Å². The summed E-state index contributed by atoms with van der Waals surface area (Å²) in [7, 11) is 0. The fraction of sp³-hybridized carbons (Fsp3) is 0.900. The van der Waals surface area contributed by atoms with E-state index in [2.05, 4.69) is 39.1 Å². The van der Waals surface area contributed by atoms with E-state index in [0.29, 0.717) is 35.2 Å². The third kappa shape index (κ3) is 3.26. The Morgan fingerprint density at radius 2 is 1.97 bits per heavy atom. The number of hydrogen-bond acceptors (Lipinski definition) is 4. The van der Waals surface area contributed by atoms with Crippen molar-refractivity contribution in [3.05, 3.63) is 11.6 Å². The first-order valence-corrected chi connectivity index (χ1v) is 14.5. The number of hydrogen-bond donors (Lipinski definition) is 1. The molecule has 2 aliphatic heterocycles. The number of carbonyl (C=O) groups excluding carboxylic acids is 1. The summed E-state index contributed by atoms with van der Waals surface area (Å²) in [4.78, 5) is 11.9. The molecule has 6 rings (SSSR count). The van der Waals surface area contributed by atoms with Crippen LogP contribution in [-0.2, 0) is 14.3 Å². The summed E-state index contributed by atoms with van der Waals surface area (Å²) in [6, 6.07) is 0. The number of allylic oxidation sites excluding steroid dienone is 1. The summed E-state index contributed by atoms with van der Waals surface area (Å²) in [5.41, 5.74) is 2.24. The minimum atomic E-state index is -0.0629. The van der Waals surface area contributed by atoms with Crippen LogP contribution >= 0.6 is 0 Å². The van der Waals surface area contributed by atoms with E-state index in [0.717, 1.165) is 43.1 Å². The van der Waals surface area contributed by atoms with E-state index in [1.807, 2.05) is 6.92 Å². The molecule has 0 amide bonds. The van der Waals surface area contributed by atoms with Crippen molar-refractivity contribution in [2.75, 3.05) is 6.54 Å². The third-order valence-electron chi connectivity index (χ3n) is 12.1. The molecule has 0 aromatic carbocycles. The van der Waals surface area contributed by atoms with E-state index >= 15 is 0 Å². The van der Waals surface area contributed by atoms with Gasteiger partial charge in [0.15, 0.2) is 0 Å². The number of ether oxygens (including phenoxy) is 2. The maximum atomic E-state index is 11.9. The van der Waals surface area contributed by atoms with Crippen molar-refractivity contribution >= 4 is 5.97 Å². The predicted octanol–water partition coefficient (Wildman–Crippen LogP) is 6.25. The molecule has 3 saturated carbocycles. The van der Waals surface area contributed by atoms with Crippen LogP contribution in [0.2, 0.25) is 0 Å². The fourth-order valence-electron chi connectivity index (χ4n) is 10.2. The first-order valence-electron chi connectivity index (χ1n) is 14.5. The molecule has 4 aliphatic carbocycles. The zero-order chi connectivity index (χ0) is 23.9. The highest BCUT2D eigenvalue weighted by Gasteiger charge is 2.68. The first-order chi connectivity index (χ1) is 16.2. The van der Waals surface area contributed by atoms with Gasteiger partial charge in [0, 0.05) is 25.3 Å². The maximum absolute atomic E-state index is 11.9. The number of rotatable bonds is 2. The smallest absolute Gasteiger partial charge is 0.305 e. The Balaban J connectivity index is 1.22. The van der Waals surface area contributed by atoms with Crippen LogP contribution in [0.25, 0.3) is 0 Å². The Hall–Kier alpha value is -0.870. The van der Waals surface area contributed by atoms with Gasteiger partial charge in [0.1, 0.15) is 11.8 Å². The van der Waals surface area contributed by atoms with Crippen LogP contribution in [-0.4, -0.2) is 30.4 Å². The van der Waals surface area contributed by atoms with Gasteiger partial charge in [-0.15, -0.1) is 0 Å². The predicted molar refractivity (Wildman–Crippen MR) is 134 cm³/mol. The zero-order valence-electron chi connectivity index (χ0n) is 22.2. The monoisotopic (exact) mass is 469 g/mol. The molecule has 5 fully saturated rings.